The van der Waals surface area contributed by atoms with Crippen LogP contribution in [-0.2, 0) is 19.1 Å². The molecule has 0 radical (unpaired) electrons. The Morgan fingerprint density at radius 2 is 1.82 bits per heavy atom. The molecule has 0 aliphatic carbocycles. The molecule has 2 aliphatic heterocycles. The summed E-state index contributed by atoms with van der Waals surface area (Å²) in [6.07, 6.45) is -1.24. The zero-order chi connectivity index (χ0) is 32.7. The van der Waals surface area contributed by atoms with E-state index in [9.17, 15) is 14.4 Å². The second-order valence-corrected chi connectivity index (χ2v) is 13.9. The SMILES string of the molecule is COC(=O)[C@@H]1C[C@@H](Oc2nc3ccc4c(c3nc2-c2cccc(Br)c2)OCO4)CN1C(=O)[C@@H](NC(=O)OC(C)(C)C)C(C)(C)C. The van der Waals surface area contributed by atoms with Crippen LogP contribution in [0.5, 0.6) is 17.4 Å². The van der Waals surface area contributed by atoms with Gasteiger partial charge in [0.05, 0.1) is 19.2 Å². The number of carbonyl (C=O) groups is 3. The number of methoxy groups -OCH3 is 1. The van der Waals surface area contributed by atoms with Gasteiger partial charge in [-0.25, -0.2) is 19.6 Å². The number of ether oxygens (including phenoxy) is 5. The van der Waals surface area contributed by atoms with E-state index in [0.717, 1.165) is 10.0 Å². The Morgan fingerprint density at radius 3 is 2.49 bits per heavy atom. The first kappa shape index (κ1) is 32.3. The molecule has 12 nitrogen and oxygen atoms in total. The van der Waals surface area contributed by atoms with Crippen LogP contribution in [0.15, 0.2) is 40.9 Å². The van der Waals surface area contributed by atoms with Gasteiger partial charge in [0, 0.05) is 16.5 Å². The fourth-order valence-corrected chi connectivity index (χ4v) is 5.66. The molecule has 1 saturated heterocycles. The molecule has 2 aromatic carbocycles. The van der Waals surface area contributed by atoms with Gasteiger partial charge in [0.25, 0.3) is 0 Å². The lowest BCUT2D eigenvalue weighted by Gasteiger charge is -2.35. The summed E-state index contributed by atoms with van der Waals surface area (Å²) >= 11 is 3.52. The molecule has 3 atom stereocenters. The van der Waals surface area contributed by atoms with Crippen LogP contribution in [0.2, 0.25) is 0 Å². The molecule has 0 unspecified atom stereocenters. The molecular weight excluding hydrogens is 648 g/mol. The van der Waals surface area contributed by atoms with E-state index in [2.05, 4.69) is 21.2 Å². The number of esters is 1. The van der Waals surface area contributed by atoms with E-state index in [0.29, 0.717) is 28.2 Å². The summed E-state index contributed by atoms with van der Waals surface area (Å²) in [4.78, 5) is 50.9. The molecular formula is C32H37BrN4O8. The molecule has 5 rings (SSSR count). The molecule has 2 amide bonds. The first-order valence-corrected chi connectivity index (χ1v) is 15.3. The summed E-state index contributed by atoms with van der Waals surface area (Å²) in [5, 5.41) is 2.71. The molecule has 3 aromatic rings. The molecule has 1 aromatic heterocycles. The summed E-state index contributed by atoms with van der Waals surface area (Å²) in [7, 11) is 1.27. The molecule has 3 heterocycles. The molecule has 0 bridgehead atoms. The van der Waals surface area contributed by atoms with Crippen molar-refractivity contribution in [2.24, 2.45) is 5.41 Å². The fourth-order valence-electron chi connectivity index (χ4n) is 5.26. The number of nitrogens with one attached hydrogen (secondary N) is 1. The Bertz CT molecular complexity index is 1630. The van der Waals surface area contributed by atoms with Crippen LogP contribution in [-0.4, -0.2) is 77.1 Å². The smallest absolute Gasteiger partial charge is 0.408 e. The van der Waals surface area contributed by atoms with E-state index in [-0.39, 0.29) is 25.6 Å². The zero-order valence-electron chi connectivity index (χ0n) is 26.3. The monoisotopic (exact) mass is 684 g/mol. The van der Waals surface area contributed by atoms with Crippen molar-refractivity contribution in [3.8, 4) is 28.6 Å². The van der Waals surface area contributed by atoms with Crippen molar-refractivity contribution in [1.82, 2.24) is 20.2 Å². The van der Waals surface area contributed by atoms with Gasteiger partial charge in [0.1, 0.15) is 35.0 Å². The van der Waals surface area contributed by atoms with Crippen LogP contribution in [0, 0.1) is 5.41 Å². The molecule has 45 heavy (non-hydrogen) atoms. The number of benzene rings is 2. The van der Waals surface area contributed by atoms with E-state index in [1.54, 1.807) is 32.9 Å². The predicted octanol–water partition coefficient (Wildman–Crippen LogP) is 5.25. The highest BCUT2D eigenvalue weighted by Gasteiger charge is 2.47. The molecule has 240 valence electrons. The second-order valence-electron chi connectivity index (χ2n) is 13.0. The van der Waals surface area contributed by atoms with E-state index in [4.69, 9.17) is 33.7 Å². The average Bonchev–Trinajstić information content (AvgIpc) is 3.61. The first-order chi connectivity index (χ1) is 21.1. The molecule has 0 spiro atoms. The third-order valence-corrected chi connectivity index (χ3v) is 7.80. The number of nitrogens with zero attached hydrogens (tertiary/aromatic N) is 3. The number of hydrogen-bond donors (Lipinski definition) is 1. The van der Waals surface area contributed by atoms with Crippen molar-refractivity contribution in [3.63, 3.8) is 0 Å². The highest BCUT2D eigenvalue weighted by Crippen LogP contribution is 2.41. The number of alkyl carbamates (subject to hydrolysis) is 1. The minimum atomic E-state index is -1.000. The van der Waals surface area contributed by atoms with Crippen LogP contribution in [0.1, 0.15) is 48.0 Å². The predicted molar refractivity (Wildman–Crippen MR) is 168 cm³/mol. The maximum absolute atomic E-state index is 14.1. The number of carbonyl (C=O) groups excluding carboxylic acids is 3. The van der Waals surface area contributed by atoms with E-state index in [1.807, 2.05) is 45.0 Å². The number of likely N-dealkylation sites (tertiary alicyclic amines) is 1. The lowest BCUT2D eigenvalue weighted by Crippen LogP contribution is -2.57. The van der Waals surface area contributed by atoms with Gasteiger partial charge in [-0.15, -0.1) is 0 Å². The van der Waals surface area contributed by atoms with Gasteiger partial charge < -0.3 is 33.9 Å². The minimum absolute atomic E-state index is 0.0416. The normalized spacial score (nSPS) is 18.4. The quantitative estimate of drug-likeness (QED) is 0.343. The summed E-state index contributed by atoms with van der Waals surface area (Å²) in [5.41, 5.74) is 0.753. The maximum atomic E-state index is 14.1. The largest absolute Gasteiger partial charge is 0.471 e. The molecule has 1 fully saturated rings. The van der Waals surface area contributed by atoms with Crippen LogP contribution in [0.3, 0.4) is 0 Å². The number of rotatable bonds is 6. The fraction of sp³-hybridized carbons (Fsp3) is 0.469. The van der Waals surface area contributed by atoms with Gasteiger partial charge in [-0.3, -0.25) is 4.79 Å². The number of fused-ring (bicyclic) bond motifs is 3. The van der Waals surface area contributed by atoms with E-state index < -0.39 is 47.2 Å². The summed E-state index contributed by atoms with van der Waals surface area (Å²) in [5.74, 6) is 0.242. The second kappa shape index (κ2) is 12.3. The molecule has 0 saturated carbocycles. The van der Waals surface area contributed by atoms with Crippen LogP contribution >= 0.6 is 15.9 Å². The van der Waals surface area contributed by atoms with Gasteiger partial charge in [-0.05, 0) is 50.5 Å². The summed E-state index contributed by atoms with van der Waals surface area (Å²) in [6, 6.07) is 9.12. The Balaban J connectivity index is 1.48. The van der Waals surface area contributed by atoms with Gasteiger partial charge in [0.2, 0.25) is 18.6 Å². The van der Waals surface area contributed by atoms with Crippen molar-refractivity contribution in [2.75, 3.05) is 20.4 Å². The summed E-state index contributed by atoms with van der Waals surface area (Å²) in [6.45, 7) is 10.8. The maximum Gasteiger partial charge on any atom is 0.408 e. The number of halogens is 1. The van der Waals surface area contributed by atoms with Crippen LogP contribution in [0.25, 0.3) is 22.3 Å². The van der Waals surface area contributed by atoms with Gasteiger partial charge in [-0.1, -0.05) is 48.8 Å². The topological polar surface area (TPSA) is 138 Å². The van der Waals surface area contributed by atoms with Gasteiger partial charge in [-0.2, -0.15) is 0 Å². The number of hydrogen-bond acceptors (Lipinski definition) is 10. The summed E-state index contributed by atoms with van der Waals surface area (Å²) < 4.78 is 29.0. The van der Waals surface area contributed by atoms with E-state index in [1.165, 1.54) is 12.0 Å². The molecule has 1 N–H and O–H groups in total. The third-order valence-electron chi connectivity index (χ3n) is 7.31. The van der Waals surface area contributed by atoms with Crippen molar-refractivity contribution in [1.29, 1.82) is 0 Å². The van der Waals surface area contributed by atoms with Crippen LogP contribution < -0.4 is 19.5 Å². The van der Waals surface area contributed by atoms with Crippen molar-refractivity contribution in [3.05, 3.63) is 40.9 Å². The first-order valence-electron chi connectivity index (χ1n) is 14.6. The van der Waals surface area contributed by atoms with Gasteiger partial charge >= 0.3 is 12.1 Å². The molecule has 13 heteroatoms. The Hall–Kier alpha value is -4.13. The standard InChI is InChI=1S/C32H37BrN4O8/c1-31(2,3)26(36-30(40)45-32(4,5)6)28(38)37-15-19(14-21(37)29(39)41-7)44-27-23(17-9-8-10-18(33)13-17)35-24-20(34-27)11-12-22-25(24)43-16-42-22/h8-13,19,21,26H,14-16H2,1-7H3,(H,36,40)/t19-,21+,26-/m1/s1. The minimum Gasteiger partial charge on any atom is -0.471 e. The zero-order valence-corrected chi connectivity index (χ0v) is 27.9. The number of aromatic nitrogens is 2. The van der Waals surface area contributed by atoms with Crippen LogP contribution in [0.4, 0.5) is 4.79 Å². The lowest BCUT2D eigenvalue weighted by atomic mass is 9.85. The molecule has 2 aliphatic rings. The highest BCUT2D eigenvalue weighted by molar-refractivity contribution is 9.10. The number of amides is 2. The van der Waals surface area contributed by atoms with Gasteiger partial charge in [0.15, 0.2) is 11.5 Å². The third kappa shape index (κ3) is 7.08. The lowest BCUT2D eigenvalue weighted by molar-refractivity contribution is -0.152. The highest BCUT2D eigenvalue weighted by atomic mass is 79.9. The van der Waals surface area contributed by atoms with E-state index >= 15 is 0 Å². The van der Waals surface area contributed by atoms with Crippen molar-refractivity contribution >= 4 is 44.9 Å². The average molecular weight is 686 g/mol. The van der Waals surface area contributed by atoms with Crippen molar-refractivity contribution < 1.29 is 38.1 Å². The Morgan fingerprint density at radius 1 is 1.07 bits per heavy atom. The Kier molecular flexibility index (Phi) is 8.85. The van der Waals surface area contributed by atoms with Crippen molar-refractivity contribution in [2.45, 2.75) is 71.8 Å². The Labute approximate surface area is 269 Å².